The minimum atomic E-state index is 0.0511. The number of aromatic nitrogens is 2. The lowest BCUT2D eigenvalue weighted by molar-refractivity contribution is 0.101. The molecule has 3 rings (SSSR count). The third kappa shape index (κ3) is 1.62. The fourth-order valence-corrected chi connectivity index (χ4v) is 2.04. The first-order valence-corrected chi connectivity index (χ1v) is 5.55. The van der Waals surface area contributed by atoms with Crippen LogP contribution in [0.5, 0.6) is 5.75 Å². The van der Waals surface area contributed by atoms with Crippen molar-refractivity contribution in [3.63, 3.8) is 0 Å². The molecule has 2 heterocycles. The van der Waals surface area contributed by atoms with E-state index in [1.165, 1.54) is 0 Å². The lowest BCUT2D eigenvalue weighted by atomic mass is 10.1. The van der Waals surface area contributed by atoms with Gasteiger partial charge >= 0.3 is 0 Å². The first-order valence-electron chi connectivity index (χ1n) is 5.55. The number of ketones is 1. The van der Waals surface area contributed by atoms with Crippen LogP contribution in [0.2, 0.25) is 0 Å². The molecule has 0 unspecified atom stereocenters. The lowest BCUT2D eigenvalue weighted by Gasteiger charge is -2.07. The Morgan fingerprint density at radius 3 is 3.18 bits per heavy atom. The molecule has 2 aromatic rings. The summed E-state index contributed by atoms with van der Waals surface area (Å²) in [4.78, 5) is 15.7. The highest BCUT2D eigenvalue weighted by atomic mass is 16.5. The first kappa shape index (κ1) is 10.1. The zero-order valence-corrected chi connectivity index (χ0v) is 9.51. The molecule has 1 aromatic heterocycles. The quantitative estimate of drug-likeness (QED) is 0.702. The average Bonchev–Trinajstić information content (AvgIpc) is 2.71. The van der Waals surface area contributed by atoms with Crippen LogP contribution in [0.4, 0.5) is 0 Å². The predicted octanol–water partition coefficient (Wildman–Crippen LogP) is 2.15. The minimum absolute atomic E-state index is 0.0511. The molecule has 0 amide bonds. The first-order chi connectivity index (χ1) is 8.25. The van der Waals surface area contributed by atoms with Crippen LogP contribution >= 0.6 is 0 Å². The van der Waals surface area contributed by atoms with E-state index < -0.39 is 0 Å². The van der Waals surface area contributed by atoms with Crippen LogP contribution in [0.25, 0.3) is 11.4 Å². The maximum Gasteiger partial charge on any atom is 0.159 e. The van der Waals surface area contributed by atoms with Gasteiger partial charge in [-0.2, -0.15) is 0 Å². The topological polar surface area (TPSA) is 44.1 Å². The summed E-state index contributed by atoms with van der Waals surface area (Å²) in [6.07, 6.45) is 3.69. The Kier molecular flexibility index (Phi) is 2.21. The van der Waals surface area contributed by atoms with Crippen LogP contribution in [0.15, 0.2) is 30.6 Å². The van der Waals surface area contributed by atoms with Gasteiger partial charge in [-0.3, -0.25) is 4.79 Å². The molecule has 4 heteroatoms. The van der Waals surface area contributed by atoms with Crippen molar-refractivity contribution in [3.8, 4) is 17.1 Å². The number of Topliss-reactive ketones (excluding diaryl/α,β-unsaturated/α-hetero) is 1. The highest BCUT2D eigenvalue weighted by molar-refractivity contribution is 5.95. The van der Waals surface area contributed by atoms with E-state index in [1.54, 1.807) is 19.2 Å². The Morgan fingerprint density at radius 1 is 1.47 bits per heavy atom. The van der Waals surface area contributed by atoms with Gasteiger partial charge in [0.1, 0.15) is 18.2 Å². The Labute approximate surface area is 98.9 Å². The van der Waals surface area contributed by atoms with E-state index >= 15 is 0 Å². The molecule has 0 saturated carbocycles. The van der Waals surface area contributed by atoms with E-state index in [2.05, 4.69) is 4.98 Å². The van der Waals surface area contributed by atoms with Crippen molar-refractivity contribution in [3.05, 3.63) is 36.2 Å². The summed E-state index contributed by atoms with van der Waals surface area (Å²) in [5.41, 5.74) is 1.57. The van der Waals surface area contributed by atoms with E-state index in [1.807, 2.05) is 22.9 Å². The van der Waals surface area contributed by atoms with Crippen molar-refractivity contribution >= 4 is 5.78 Å². The van der Waals surface area contributed by atoms with Crippen molar-refractivity contribution < 1.29 is 9.53 Å². The molecule has 17 heavy (non-hydrogen) atoms. The standard InChI is InChI=1S/C13H12N2O2/c1-9(16)10-2-3-12-11(8-10)13-14-4-5-15(13)6-7-17-12/h2-5,8H,6-7H2,1H3. The van der Waals surface area contributed by atoms with Gasteiger partial charge in [0.2, 0.25) is 0 Å². The van der Waals surface area contributed by atoms with Crippen LogP contribution in [-0.2, 0) is 6.54 Å². The zero-order valence-electron chi connectivity index (χ0n) is 9.51. The van der Waals surface area contributed by atoms with Crippen molar-refractivity contribution in [2.45, 2.75) is 13.5 Å². The number of carbonyl (C=O) groups is 1. The summed E-state index contributed by atoms with van der Waals surface area (Å²) in [5, 5.41) is 0. The number of fused-ring (bicyclic) bond motifs is 3. The highest BCUT2D eigenvalue weighted by Crippen LogP contribution is 2.32. The van der Waals surface area contributed by atoms with Gasteiger partial charge in [-0.15, -0.1) is 0 Å². The molecular formula is C13H12N2O2. The van der Waals surface area contributed by atoms with Gasteiger partial charge in [-0.1, -0.05) is 0 Å². The van der Waals surface area contributed by atoms with E-state index in [-0.39, 0.29) is 5.78 Å². The molecular weight excluding hydrogens is 216 g/mol. The van der Waals surface area contributed by atoms with Crippen molar-refractivity contribution in [1.82, 2.24) is 9.55 Å². The summed E-state index contributed by atoms with van der Waals surface area (Å²) < 4.78 is 7.69. The third-order valence-electron chi connectivity index (χ3n) is 2.93. The second kappa shape index (κ2) is 3.73. The molecule has 0 fully saturated rings. The van der Waals surface area contributed by atoms with Gasteiger partial charge in [0.15, 0.2) is 5.78 Å². The van der Waals surface area contributed by atoms with Crippen molar-refractivity contribution in [2.75, 3.05) is 6.61 Å². The highest BCUT2D eigenvalue weighted by Gasteiger charge is 2.17. The number of benzene rings is 1. The normalized spacial score (nSPS) is 13.2. The number of imidazole rings is 1. The van der Waals surface area contributed by atoms with E-state index in [0.29, 0.717) is 12.2 Å². The van der Waals surface area contributed by atoms with Gasteiger partial charge in [0.05, 0.1) is 12.1 Å². The van der Waals surface area contributed by atoms with Crippen LogP contribution in [0.3, 0.4) is 0 Å². The number of hydrogen-bond acceptors (Lipinski definition) is 3. The predicted molar refractivity (Wildman–Crippen MR) is 63.2 cm³/mol. The maximum absolute atomic E-state index is 11.4. The van der Waals surface area contributed by atoms with Crippen LogP contribution in [0, 0.1) is 0 Å². The number of carbonyl (C=O) groups excluding carboxylic acids is 1. The van der Waals surface area contributed by atoms with E-state index in [0.717, 1.165) is 23.7 Å². The summed E-state index contributed by atoms with van der Waals surface area (Å²) in [7, 11) is 0. The number of ether oxygens (including phenoxy) is 1. The molecule has 0 radical (unpaired) electrons. The SMILES string of the molecule is CC(=O)c1ccc2c(c1)-c1nccn1CCO2. The fraction of sp³-hybridized carbons (Fsp3) is 0.231. The van der Waals surface area contributed by atoms with E-state index in [4.69, 9.17) is 4.74 Å². The Balaban J connectivity index is 2.22. The molecule has 1 aromatic carbocycles. The van der Waals surface area contributed by atoms with Crippen molar-refractivity contribution in [2.24, 2.45) is 0 Å². The lowest BCUT2D eigenvalue weighted by Crippen LogP contribution is -2.04. The second-order valence-electron chi connectivity index (χ2n) is 4.06. The molecule has 1 aliphatic heterocycles. The van der Waals surface area contributed by atoms with Crippen LogP contribution < -0.4 is 4.74 Å². The van der Waals surface area contributed by atoms with Crippen molar-refractivity contribution in [1.29, 1.82) is 0 Å². The van der Waals surface area contributed by atoms with Gasteiger partial charge in [0, 0.05) is 18.0 Å². The number of rotatable bonds is 1. The molecule has 0 atom stereocenters. The summed E-state index contributed by atoms with van der Waals surface area (Å²) in [6.45, 7) is 2.96. The molecule has 86 valence electrons. The minimum Gasteiger partial charge on any atom is -0.491 e. The molecule has 4 nitrogen and oxygen atoms in total. The Hall–Kier alpha value is -2.10. The second-order valence-corrected chi connectivity index (χ2v) is 4.06. The third-order valence-corrected chi connectivity index (χ3v) is 2.93. The smallest absolute Gasteiger partial charge is 0.159 e. The number of nitrogens with zero attached hydrogens (tertiary/aromatic N) is 2. The number of hydrogen-bond donors (Lipinski definition) is 0. The molecule has 1 aliphatic rings. The molecule has 0 N–H and O–H groups in total. The maximum atomic E-state index is 11.4. The molecule has 0 bridgehead atoms. The van der Waals surface area contributed by atoms with Gasteiger partial charge in [-0.25, -0.2) is 4.98 Å². The molecule has 0 spiro atoms. The van der Waals surface area contributed by atoms with Crippen LogP contribution in [0.1, 0.15) is 17.3 Å². The molecule has 0 saturated heterocycles. The monoisotopic (exact) mass is 228 g/mol. The zero-order chi connectivity index (χ0) is 11.8. The molecule has 0 aliphatic carbocycles. The fourth-order valence-electron chi connectivity index (χ4n) is 2.04. The summed E-state index contributed by atoms with van der Waals surface area (Å²) in [6, 6.07) is 5.48. The summed E-state index contributed by atoms with van der Waals surface area (Å²) >= 11 is 0. The van der Waals surface area contributed by atoms with Gasteiger partial charge < -0.3 is 9.30 Å². The van der Waals surface area contributed by atoms with E-state index in [9.17, 15) is 4.79 Å². The average molecular weight is 228 g/mol. The summed E-state index contributed by atoms with van der Waals surface area (Å²) in [5.74, 6) is 1.70. The van der Waals surface area contributed by atoms with Gasteiger partial charge in [-0.05, 0) is 25.1 Å². The van der Waals surface area contributed by atoms with Crippen LogP contribution in [-0.4, -0.2) is 21.9 Å². The Bertz CT molecular complexity index is 587. The van der Waals surface area contributed by atoms with Gasteiger partial charge in [0.25, 0.3) is 0 Å². The Morgan fingerprint density at radius 2 is 2.35 bits per heavy atom. The largest absolute Gasteiger partial charge is 0.491 e.